The SMILES string of the molecule is CC1(C)Cc2cccc(CN3CCC4(CC3)CCN(C(=O)c3cc(=O)[nH]c5ccccc35)CC4)c2O1. The lowest BCUT2D eigenvalue weighted by atomic mass is 9.71. The molecule has 6 rings (SSSR count). The Morgan fingerprint density at radius 2 is 1.69 bits per heavy atom. The van der Waals surface area contributed by atoms with Crippen LogP contribution in [0.25, 0.3) is 10.9 Å². The lowest BCUT2D eigenvalue weighted by Crippen LogP contribution is -2.48. The number of hydrogen-bond acceptors (Lipinski definition) is 4. The molecule has 0 aliphatic carbocycles. The Morgan fingerprint density at radius 3 is 2.47 bits per heavy atom. The van der Waals surface area contributed by atoms with Crippen molar-refractivity contribution < 1.29 is 9.53 Å². The molecule has 6 nitrogen and oxygen atoms in total. The number of aromatic amines is 1. The third-order valence-electron chi connectivity index (χ3n) is 8.58. The quantitative estimate of drug-likeness (QED) is 0.581. The molecule has 2 fully saturated rings. The predicted molar refractivity (Wildman–Crippen MR) is 142 cm³/mol. The van der Waals surface area contributed by atoms with Crippen LogP contribution in [0.4, 0.5) is 0 Å². The molecule has 0 bridgehead atoms. The topological polar surface area (TPSA) is 65.6 Å². The van der Waals surface area contributed by atoms with Crippen LogP contribution in [0, 0.1) is 5.41 Å². The van der Waals surface area contributed by atoms with Crippen molar-refractivity contribution in [2.75, 3.05) is 26.2 Å². The van der Waals surface area contributed by atoms with E-state index in [1.165, 1.54) is 30.0 Å². The summed E-state index contributed by atoms with van der Waals surface area (Å²) in [4.78, 5) is 32.9. The molecule has 0 atom stereocenters. The van der Waals surface area contributed by atoms with Gasteiger partial charge in [-0.3, -0.25) is 14.5 Å². The number of likely N-dealkylation sites (tertiary alicyclic amines) is 2. The maximum absolute atomic E-state index is 13.4. The van der Waals surface area contributed by atoms with Crippen LogP contribution in [-0.4, -0.2) is 52.5 Å². The second kappa shape index (κ2) is 8.77. The number of pyridine rings is 1. The number of piperidine rings is 2. The highest BCUT2D eigenvalue weighted by Gasteiger charge is 2.39. The molecule has 3 aliphatic heterocycles. The lowest BCUT2D eigenvalue weighted by molar-refractivity contribution is 0.0283. The molecule has 0 radical (unpaired) electrons. The number of fused-ring (bicyclic) bond motifs is 2. The molecule has 1 amide bonds. The minimum absolute atomic E-state index is 0.0227. The molecule has 2 aromatic carbocycles. The third kappa shape index (κ3) is 4.32. The number of nitrogens with one attached hydrogen (secondary N) is 1. The zero-order valence-corrected chi connectivity index (χ0v) is 21.3. The number of aromatic nitrogens is 1. The first kappa shape index (κ1) is 23.3. The summed E-state index contributed by atoms with van der Waals surface area (Å²) in [6, 6.07) is 15.6. The van der Waals surface area contributed by atoms with Gasteiger partial charge in [-0.15, -0.1) is 0 Å². The van der Waals surface area contributed by atoms with E-state index in [0.29, 0.717) is 16.5 Å². The standard InChI is InChI=1S/C30H35N3O3/c1-29(2)19-21-6-5-7-22(27(21)36-29)20-32-14-10-30(11-15-32)12-16-33(17-13-30)28(35)24-18-26(34)31-25-9-4-3-8-23(24)25/h3-9,18H,10-17,19-20H2,1-2H3,(H,31,34). The van der Waals surface area contributed by atoms with Gasteiger partial charge < -0.3 is 14.6 Å². The molecular weight excluding hydrogens is 450 g/mol. The summed E-state index contributed by atoms with van der Waals surface area (Å²) in [7, 11) is 0. The van der Waals surface area contributed by atoms with Crippen molar-refractivity contribution in [3.63, 3.8) is 0 Å². The van der Waals surface area contributed by atoms with E-state index < -0.39 is 0 Å². The summed E-state index contributed by atoms with van der Waals surface area (Å²) in [6.45, 7) is 8.95. The first-order valence-electron chi connectivity index (χ1n) is 13.2. The number of carbonyl (C=O) groups excluding carboxylic acids is 1. The number of carbonyl (C=O) groups is 1. The average Bonchev–Trinajstić information content (AvgIpc) is 3.20. The van der Waals surface area contributed by atoms with Crippen LogP contribution in [0.3, 0.4) is 0 Å². The molecule has 2 saturated heterocycles. The van der Waals surface area contributed by atoms with Gasteiger partial charge in [-0.1, -0.05) is 36.4 Å². The first-order valence-corrected chi connectivity index (χ1v) is 13.2. The highest BCUT2D eigenvalue weighted by molar-refractivity contribution is 6.05. The molecular formula is C30H35N3O3. The summed E-state index contributed by atoms with van der Waals surface area (Å²) in [5.41, 5.74) is 3.84. The summed E-state index contributed by atoms with van der Waals surface area (Å²) >= 11 is 0. The zero-order chi connectivity index (χ0) is 24.9. The van der Waals surface area contributed by atoms with E-state index in [0.717, 1.165) is 63.1 Å². The van der Waals surface area contributed by atoms with Gasteiger partial charge in [0.15, 0.2) is 0 Å². The van der Waals surface area contributed by atoms with Gasteiger partial charge in [0.25, 0.3) is 5.91 Å². The smallest absolute Gasteiger partial charge is 0.254 e. The van der Waals surface area contributed by atoms with Gasteiger partial charge in [-0.05, 0) is 69.7 Å². The van der Waals surface area contributed by atoms with Crippen LogP contribution in [0.15, 0.2) is 53.3 Å². The van der Waals surface area contributed by atoms with Crippen LogP contribution >= 0.6 is 0 Å². The first-order chi connectivity index (χ1) is 17.3. The summed E-state index contributed by atoms with van der Waals surface area (Å²) in [5.74, 6) is 1.08. The minimum Gasteiger partial charge on any atom is -0.487 e. The van der Waals surface area contributed by atoms with Crippen molar-refractivity contribution in [2.24, 2.45) is 5.41 Å². The van der Waals surface area contributed by atoms with Gasteiger partial charge in [-0.25, -0.2) is 0 Å². The third-order valence-corrected chi connectivity index (χ3v) is 8.58. The predicted octanol–water partition coefficient (Wildman–Crippen LogP) is 4.76. The number of hydrogen-bond donors (Lipinski definition) is 1. The van der Waals surface area contributed by atoms with Crippen molar-refractivity contribution in [3.8, 4) is 5.75 Å². The van der Waals surface area contributed by atoms with Crippen LogP contribution < -0.4 is 10.3 Å². The molecule has 6 heteroatoms. The van der Waals surface area contributed by atoms with Gasteiger partial charge >= 0.3 is 0 Å². The Hall–Kier alpha value is -3.12. The molecule has 1 spiro atoms. The van der Waals surface area contributed by atoms with Gasteiger partial charge in [0.2, 0.25) is 5.56 Å². The van der Waals surface area contributed by atoms with Gasteiger partial charge in [0, 0.05) is 48.6 Å². The summed E-state index contributed by atoms with van der Waals surface area (Å²) in [6.07, 6.45) is 5.38. The minimum atomic E-state index is -0.226. The number of H-pyrrole nitrogens is 1. The molecule has 4 heterocycles. The van der Waals surface area contributed by atoms with Crippen molar-refractivity contribution in [1.29, 1.82) is 0 Å². The Balaban J connectivity index is 1.08. The molecule has 188 valence electrons. The number of rotatable bonds is 3. The molecule has 3 aromatic rings. The van der Waals surface area contributed by atoms with Crippen LogP contribution in [0.2, 0.25) is 0 Å². The second-order valence-corrected chi connectivity index (χ2v) is 11.6. The van der Waals surface area contributed by atoms with Gasteiger partial charge in [-0.2, -0.15) is 0 Å². The molecule has 1 aromatic heterocycles. The maximum atomic E-state index is 13.4. The number of benzene rings is 2. The molecule has 3 aliphatic rings. The van der Waals surface area contributed by atoms with Gasteiger partial charge in [0.05, 0.1) is 5.56 Å². The Kier molecular flexibility index (Phi) is 5.67. The van der Waals surface area contributed by atoms with Gasteiger partial charge in [0.1, 0.15) is 11.4 Å². The monoisotopic (exact) mass is 485 g/mol. The highest BCUT2D eigenvalue weighted by Crippen LogP contribution is 2.43. The number of amides is 1. The van der Waals surface area contributed by atoms with E-state index in [1.54, 1.807) is 0 Å². The molecule has 0 unspecified atom stereocenters. The van der Waals surface area contributed by atoms with Crippen molar-refractivity contribution in [3.05, 3.63) is 75.6 Å². The fourth-order valence-corrected chi connectivity index (χ4v) is 6.47. The summed E-state index contributed by atoms with van der Waals surface area (Å²) < 4.78 is 6.30. The normalized spacial score (nSPS) is 20.9. The van der Waals surface area contributed by atoms with Crippen molar-refractivity contribution in [1.82, 2.24) is 14.8 Å². The Bertz CT molecular complexity index is 1360. The van der Waals surface area contributed by atoms with E-state index >= 15 is 0 Å². The van der Waals surface area contributed by atoms with Crippen molar-refractivity contribution in [2.45, 2.75) is 58.1 Å². The molecule has 36 heavy (non-hydrogen) atoms. The molecule has 0 saturated carbocycles. The number of nitrogens with zero attached hydrogens (tertiary/aromatic N) is 2. The number of ether oxygens (including phenoxy) is 1. The van der Waals surface area contributed by atoms with E-state index in [9.17, 15) is 9.59 Å². The fraction of sp³-hybridized carbons (Fsp3) is 0.467. The lowest BCUT2D eigenvalue weighted by Gasteiger charge is -2.47. The Labute approximate surface area is 212 Å². The Morgan fingerprint density at radius 1 is 0.972 bits per heavy atom. The maximum Gasteiger partial charge on any atom is 0.254 e. The largest absolute Gasteiger partial charge is 0.487 e. The van der Waals surface area contributed by atoms with Crippen LogP contribution in [0.1, 0.15) is 61.0 Å². The van der Waals surface area contributed by atoms with Crippen molar-refractivity contribution >= 4 is 16.8 Å². The van der Waals surface area contributed by atoms with E-state index in [1.807, 2.05) is 29.2 Å². The average molecular weight is 486 g/mol. The second-order valence-electron chi connectivity index (χ2n) is 11.6. The van der Waals surface area contributed by atoms with E-state index in [4.69, 9.17) is 4.74 Å². The zero-order valence-electron chi connectivity index (χ0n) is 21.3. The van der Waals surface area contributed by atoms with E-state index in [2.05, 4.69) is 41.9 Å². The summed E-state index contributed by atoms with van der Waals surface area (Å²) in [5, 5.41) is 0.815. The number of para-hydroxylation sites is 2. The fourth-order valence-electron chi connectivity index (χ4n) is 6.47. The van der Waals surface area contributed by atoms with Crippen LogP contribution in [-0.2, 0) is 13.0 Å². The molecule has 1 N–H and O–H groups in total. The van der Waals surface area contributed by atoms with Crippen LogP contribution in [0.5, 0.6) is 5.75 Å². The van der Waals surface area contributed by atoms with E-state index in [-0.39, 0.29) is 17.1 Å². The highest BCUT2D eigenvalue weighted by atomic mass is 16.5.